The molecule has 0 atom stereocenters. The second-order valence-electron chi connectivity index (χ2n) is 5.57. The Morgan fingerprint density at radius 1 is 1.14 bits per heavy atom. The molecular formula is C15H22N6O. The zero-order valence-corrected chi connectivity index (χ0v) is 13.1. The summed E-state index contributed by atoms with van der Waals surface area (Å²) in [6.07, 6.45) is 5.44. The summed E-state index contributed by atoms with van der Waals surface area (Å²) in [6, 6.07) is 0.444. The summed E-state index contributed by atoms with van der Waals surface area (Å²) >= 11 is 0. The van der Waals surface area contributed by atoms with Gasteiger partial charge in [-0.3, -0.25) is 0 Å². The molecule has 2 heterocycles. The fourth-order valence-electron chi connectivity index (χ4n) is 2.79. The maximum absolute atomic E-state index is 5.44. The molecule has 3 rings (SSSR count). The van der Waals surface area contributed by atoms with Gasteiger partial charge in [0.25, 0.3) is 0 Å². The minimum Gasteiger partial charge on any atom is -0.407 e. The molecule has 1 aliphatic rings. The lowest BCUT2D eigenvalue weighted by molar-refractivity contribution is 0.489. The fourth-order valence-corrected chi connectivity index (χ4v) is 2.79. The van der Waals surface area contributed by atoms with Crippen molar-refractivity contribution in [1.82, 2.24) is 25.5 Å². The van der Waals surface area contributed by atoms with E-state index >= 15 is 0 Å². The minimum atomic E-state index is 0.444. The molecule has 2 N–H and O–H groups in total. The van der Waals surface area contributed by atoms with E-state index in [4.69, 9.17) is 9.40 Å². The van der Waals surface area contributed by atoms with Crippen LogP contribution in [-0.2, 0) is 25.8 Å². The highest BCUT2D eigenvalue weighted by atomic mass is 16.4. The van der Waals surface area contributed by atoms with Crippen LogP contribution in [0.15, 0.2) is 4.42 Å². The third-order valence-corrected chi connectivity index (χ3v) is 3.86. The lowest BCUT2D eigenvalue weighted by Gasteiger charge is -2.17. The topological polar surface area (TPSA) is 88.8 Å². The van der Waals surface area contributed by atoms with E-state index in [0.717, 1.165) is 30.8 Å². The summed E-state index contributed by atoms with van der Waals surface area (Å²) in [5, 5.41) is 14.0. The van der Waals surface area contributed by atoms with Crippen LogP contribution in [0.3, 0.4) is 0 Å². The Balaban J connectivity index is 1.58. The maximum atomic E-state index is 5.44. The lowest BCUT2D eigenvalue weighted by atomic mass is 9.95. The second kappa shape index (κ2) is 6.83. The number of hydrogen-bond donors (Lipinski definition) is 2. The van der Waals surface area contributed by atoms with Crippen molar-refractivity contribution in [2.45, 2.75) is 45.6 Å². The molecule has 0 unspecified atom stereocenters. The average molecular weight is 302 g/mol. The van der Waals surface area contributed by atoms with Crippen LogP contribution in [-0.4, -0.2) is 33.8 Å². The number of aromatic nitrogens is 4. The van der Waals surface area contributed by atoms with Gasteiger partial charge in [0.05, 0.1) is 6.54 Å². The predicted octanol–water partition coefficient (Wildman–Crippen LogP) is 1.42. The van der Waals surface area contributed by atoms with Crippen LogP contribution in [0.5, 0.6) is 0 Å². The van der Waals surface area contributed by atoms with E-state index < -0.39 is 0 Å². The van der Waals surface area contributed by atoms with Gasteiger partial charge >= 0.3 is 6.01 Å². The van der Waals surface area contributed by atoms with Gasteiger partial charge in [-0.05, 0) is 45.2 Å². The normalized spacial score (nSPS) is 13.9. The second-order valence-corrected chi connectivity index (χ2v) is 5.57. The zero-order chi connectivity index (χ0) is 15.4. The van der Waals surface area contributed by atoms with E-state index in [9.17, 15) is 0 Å². The fraction of sp³-hybridized carbons (Fsp3) is 0.600. The molecule has 0 saturated heterocycles. The number of hydrogen-bond acceptors (Lipinski definition) is 7. The molecule has 2 aromatic rings. The highest BCUT2D eigenvalue weighted by Crippen LogP contribution is 2.21. The molecule has 0 bridgehead atoms. The van der Waals surface area contributed by atoms with Gasteiger partial charge in [0, 0.05) is 24.4 Å². The van der Waals surface area contributed by atoms with Crippen molar-refractivity contribution in [3.05, 3.63) is 28.7 Å². The first-order valence-electron chi connectivity index (χ1n) is 7.82. The highest BCUT2D eigenvalue weighted by molar-refractivity contribution is 5.27. The average Bonchev–Trinajstić information content (AvgIpc) is 2.95. The van der Waals surface area contributed by atoms with Gasteiger partial charge in [-0.25, -0.2) is 9.97 Å². The molecule has 0 fully saturated rings. The van der Waals surface area contributed by atoms with Crippen molar-refractivity contribution in [2.75, 3.05) is 18.9 Å². The van der Waals surface area contributed by atoms with Crippen molar-refractivity contribution in [3.63, 3.8) is 0 Å². The summed E-state index contributed by atoms with van der Waals surface area (Å²) in [6.45, 7) is 3.34. The van der Waals surface area contributed by atoms with E-state index in [1.807, 2.05) is 7.05 Å². The highest BCUT2D eigenvalue weighted by Gasteiger charge is 2.15. The van der Waals surface area contributed by atoms with Crippen molar-refractivity contribution in [2.24, 2.45) is 0 Å². The van der Waals surface area contributed by atoms with E-state index in [1.165, 1.54) is 24.1 Å². The molecule has 7 nitrogen and oxygen atoms in total. The summed E-state index contributed by atoms with van der Waals surface area (Å²) in [5.74, 6) is 1.46. The van der Waals surface area contributed by atoms with Gasteiger partial charge in [0.2, 0.25) is 5.89 Å². The molecule has 0 amide bonds. The number of nitrogens with one attached hydrogen (secondary N) is 2. The predicted molar refractivity (Wildman–Crippen MR) is 82.7 cm³/mol. The molecule has 0 aromatic carbocycles. The SMILES string of the molecule is CNCc1nnc(NCCc2nc(C)c3c(n2)CCCC3)o1. The van der Waals surface area contributed by atoms with E-state index in [1.54, 1.807) is 0 Å². The molecule has 0 spiro atoms. The summed E-state index contributed by atoms with van der Waals surface area (Å²) < 4.78 is 5.44. The molecular weight excluding hydrogens is 280 g/mol. The zero-order valence-electron chi connectivity index (χ0n) is 13.1. The Morgan fingerprint density at radius 2 is 2.00 bits per heavy atom. The van der Waals surface area contributed by atoms with Crippen LogP contribution in [0.4, 0.5) is 6.01 Å². The Bertz CT molecular complexity index is 639. The molecule has 0 aliphatic heterocycles. The Labute approximate surface area is 130 Å². The number of nitrogens with zero attached hydrogens (tertiary/aromatic N) is 4. The first-order valence-corrected chi connectivity index (χ1v) is 7.82. The lowest BCUT2D eigenvalue weighted by Crippen LogP contribution is -2.14. The van der Waals surface area contributed by atoms with Gasteiger partial charge in [0.15, 0.2) is 0 Å². The molecule has 22 heavy (non-hydrogen) atoms. The van der Waals surface area contributed by atoms with Gasteiger partial charge in [-0.1, -0.05) is 5.10 Å². The smallest absolute Gasteiger partial charge is 0.315 e. The monoisotopic (exact) mass is 302 g/mol. The van der Waals surface area contributed by atoms with Crippen LogP contribution in [0, 0.1) is 6.92 Å². The van der Waals surface area contributed by atoms with Crippen molar-refractivity contribution in [1.29, 1.82) is 0 Å². The molecule has 7 heteroatoms. The van der Waals surface area contributed by atoms with E-state index in [-0.39, 0.29) is 0 Å². The largest absolute Gasteiger partial charge is 0.407 e. The molecule has 2 aromatic heterocycles. The van der Waals surface area contributed by atoms with Gasteiger partial charge in [0.1, 0.15) is 5.82 Å². The van der Waals surface area contributed by atoms with Crippen LogP contribution in [0.1, 0.15) is 41.5 Å². The van der Waals surface area contributed by atoms with Crippen molar-refractivity contribution >= 4 is 6.01 Å². The van der Waals surface area contributed by atoms with Gasteiger partial charge in [-0.15, -0.1) is 5.10 Å². The Hall–Kier alpha value is -2.02. The summed E-state index contributed by atoms with van der Waals surface area (Å²) in [5.41, 5.74) is 3.73. The number of fused-ring (bicyclic) bond motifs is 1. The molecule has 0 saturated carbocycles. The Kier molecular flexibility index (Phi) is 4.62. The van der Waals surface area contributed by atoms with Crippen LogP contribution in [0.25, 0.3) is 0 Å². The van der Waals surface area contributed by atoms with Gasteiger partial charge in [-0.2, -0.15) is 0 Å². The maximum Gasteiger partial charge on any atom is 0.315 e. The number of anilines is 1. The van der Waals surface area contributed by atoms with E-state index in [0.29, 0.717) is 25.0 Å². The number of rotatable bonds is 6. The quantitative estimate of drug-likeness (QED) is 0.834. The Morgan fingerprint density at radius 3 is 2.86 bits per heavy atom. The molecule has 0 radical (unpaired) electrons. The first kappa shape index (κ1) is 14.9. The van der Waals surface area contributed by atoms with Crippen LogP contribution in [0.2, 0.25) is 0 Å². The summed E-state index contributed by atoms with van der Waals surface area (Å²) in [7, 11) is 1.84. The van der Waals surface area contributed by atoms with Crippen LogP contribution < -0.4 is 10.6 Å². The van der Waals surface area contributed by atoms with Crippen molar-refractivity contribution in [3.8, 4) is 0 Å². The molecule has 118 valence electrons. The van der Waals surface area contributed by atoms with Crippen molar-refractivity contribution < 1.29 is 4.42 Å². The summed E-state index contributed by atoms with van der Waals surface area (Å²) in [4.78, 5) is 9.34. The first-order chi connectivity index (χ1) is 10.8. The van der Waals surface area contributed by atoms with E-state index in [2.05, 4.69) is 32.7 Å². The van der Waals surface area contributed by atoms with Gasteiger partial charge < -0.3 is 15.1 Å². The minimum absolute atomic E-state index is 0.444. The standard InChI is InChI=1S/C15H22N6O/c1-10-11-5-3-4-6-12(11)19-13(18-10)7-8-17-15-21-20-14(22-15)9-16-2/h16H,3-9H2,1-2H3,(H,17,21). The third-order valence-electron chi connectivity index (χ3n) is 3.86. The number of aryl methyl sites for hydroxylation is 2. The van der Waals surface area contributed by atoms with Crippen LogP contribution >= 0.6 is 0 Å². The molecule has 1 aliphatic carbocycles. The third kappa shape index (κ3) is 3.41.